The Morgan fingerprint density at radius 2 is 1.50 bits per heavy atom. The fourth-order valence-corrected chi connectivity index (χ4v) is 3.54. The van der Waals surface area contributed by atoms with E-state index in [0.29, 0.717) is 29.5 Å². The summed E-state index contributed by atoms with van der Waals surface area (Å²) >= 11 is 5.96. The van der Waals surface area contributed by atoms with Crippen molar-refractivity contribution in [2.75, 3.05) is 35.3 Å². The fourth-order valence-electron chi connectivity index (χ4n) is 3.42. The van der Waals surface area contributed by atoms with Crippen LogP contribution >= 0.6 is 11.6 Å². The summed E-state index contributed by atoms with van der Waals surface area (Å²) in [5, 5.41) is 9.31. The number of hydrogen-bond acceptors (Lipinski definition) is 7. The van der Waals surface area contributed by atoms with Crippen LogP contribution in [0.4, 0.5) is 21.9 Å². The molecule has 0 radical (unpaired) electrons. The maximum Gasteiger partial charge on any atom is 0.357 e. The third-order valence-electron chi connectivity index (χ3n) is 4.95. The topological polar surface area (TPSA) is 109 Å². The minimum absolute atomic E-state index is 0.108. The van der Waals surface area contributed by atoms with E-state index < -0.39 is 11.9 Å². The standard InChI is InChI=1S/C24H27ClN4O5/c1-4-29-19-12-11-18(13-15(19)14-26-24(29)32)28-21(23(31)34-6-3)20(22(30)33-5-2)27-17-9-7-16(25)8-10-17/h7-13,27-28H,4-6,14H2,1-3H3,(H,26,32)/b21-20-. The first-order valence-corrected chi connectivity index (χ1v) is 11.3. The summed E-state index contributed by atoms with van der Waals surface area (Å²) in [5.41, 5.74) is 2.49. The molecule has 1 aliphatic heterocycles. The molecule has 3 rings (SSSR count). The lowest BCUT2D eigenvalue weighted by atomic mass is 10.1. The predicted molar refractivity (Wildman–Crippen MR) is 131 cm³/mol. The molecule has 0 saturated carbocycles. The predicted octanol–water partition coefficient (Wildman–Crippen LogP) is 4.25. The minimum Gasteiger partial charge on any atom is -0.461 e. The summed E-state index contributed by atoms with van der Waals surface area (Å²) in [5.74, 6) is -1.45. The Morgan fingerprint density at radius 1 is 0.941 bits per heavy atom. The molecule has 0 spiro atoms. The maximum absolute atomic E-state index is 12.9. The van der Waals surface area contributed by atoms with E-state index in [0.717, 1.165) is 11.3 Å². The Bertz CT molecular complexity index is 1100. The zero-order chi connectivity index (χ0) is 24.7. The van der Waals surface area contributed by atoms with E-state index >= 15 is 0 Å². The SMILES string of the molecule is CCOC(=O)/C(Nc1ccc(Cl)cc1)=C(/Nc1ccc2c(c1)CNC(=O)N2CC)C(=O)OCC. The normalized spacial score (nSPS) is 13.3. The van der Waals surface area contributed by atoms with Gasteiger partial charge in [0.05, 0.1) is 18.9 Å². The number of anilines is 3. The van der Waals surface area contributed by atoms with Crippen LogP contribution in [-0.4, -0.2) is 37.7 Å². The van der Waals surface area contributed by atoms with Crippen molar-refractivity contribution >= 4 is 46.6 Å². The number of urea groups is 1. The van der Waals surface area contributed by atoms with Crippen LogP contribution in [-0.2, 0) is 25.6 Å². The van der Waals surface area contributed by atoms with Crippen LogP contribution in [0, 0.1) is 0 Å². The molecule has 0 unspecified atom stereocenters. The molecule has 2 aromatic rings. The summed E-state index contributed by atoms with van der Waals surface area (Å²) in [6.07, 6.45) is 0. The van der Waals surface area contributed by atoms with Crippen molar-refractivity contribution in [2.45, 2.75) is 27.3 Å². The van der Waals surface area contributed by atoms with E-state index in [4.69, 9.17) is 21.1 Å². The fraction of sp³-hybridized carbons (Fsp3) is 0.292. The van der Waals surface area contributed by atoms with Gasteiger partial charge in [-0.1, -0.05) is 11.6 Å². The second-order valence-corrected chi connectivity index (χ2v) is 7.63. The van der Waals surface area contributed by atoms with Gasteiger partial charge in [-0.15, -0.1) is 0 Å². The number of carbonyl (C=O) groups is 3. The number of ether oxygens (including phenoxy) is 2. The van der Waals surface area contributed by atoms with Gasteiger partial charge in [0.25, 0.3) is 0 Å². The molecule has 0 saturated heterocycles. The van der Waals surface area contributed by atoms with Gasteiger partial charge >= 0.3 is 18.0 Å². The highest BCUT2D eigenvalue weighted by molar-refractivity contribution is 6.30. The van der Waals surface area contributed by atoms with E-state index in [1.807, 2.05) is 13.0 Å². The second-order valence-electron chi connectivity index (χ2n) is 7.19. The number of carbonyl (C=O) groups excluding carboxylic acids is 3. The monoisotopic (exact) mass is 486 g/mol. The summed E-state index contributed by atoms with van der Waals surface area (Å²) in [4.78, 5) is 39.4. The van der Waals surface area contributed by atoms with E-state index in [9.17, 15) is 14.4 Å². The summed E-state index contributed by atoms with van der Waals surface area (Å²) in [6.45, 7) is 6.31. The molecule has 0 atom stereocenters. The van der Waals surface area contributed by atoms with Gasteiger partial charge in [0.2, 0.25) is 0 Å². The Labute approximate surface area is 203 Å². The zero-order valence-electron chi connectivity index (χ0n) is 19.2. The lowest BCUT2D eigenvalue weighted by molar-refractivity contribution is -0.141. The zero-order valence-corrected chi connectivity index (χ0v) is 20.0. The van der Waals surface area contributed by atoms with Crippen molar-refractivity contribution < 1.29 is 23.9 Å². The van der Waals surface area contributed by atoms with E-state index in [1.165, 1.54) is 0 Å². The van der Waals surface area contributed by atoms with E-state index in [1.54, 1.807) is 55.1 Å². The van der Waals surface area contributed by atoms with Crippen molar-refractivity contribution in [3.63, 3.8) is 0 Å². The van der Waals surface area contributed by atoms with Crippen molar-refractivity contribution in [3.8, 4) is 0 Å². The first-order chi connectivity index (χ1) is 16.4. The Kier molecular flexibility index (Phi) is 8.37. The molecule has 0 aromatic heterocycles. The third-order valence-corrected chi connectivity index (χ3v) is 5.21. The van der Waals surface area contributed by atoms with Crippen LogP contribution in [0.2, 0.25) is 5.02 Å². The van der Waals surface area contributed by atoms with Crippen LogP contribution < -0.4 is 20.9 Å². The largest absolute Gasteiger partial charge is 0.461 e. The molecule has 1 aliphatic rings. The Morgan fingerprint density at radius 3 is 2.06 bits per heavy atom. The molecular formula is C24H27ClN4O5. The first-order valence-electron chi connectivity index (χ1n) is 10.9. The highest BCUT2D eigenvalue weighted by Gasteiger charge is 2.26. The molecule has 2 aromatic carbocycles. The van der Waals surface area contributed by atoms with E-state index in [-0.39, 0.29) is 30.6 Å². The van der Waals surface area contributed by atoms with Crippen molar-refractivity contribution in [1.29, 1.82) is 0 Å². The highest BCUT2D eigenvalue weighted by Crippen LogP contribution is 2.29. The summed E-state index contributed by atoms with van der Waals surface area (Å²) in [7, 11) is 0. The van der Waals surface area contributed by atoms with E-state index in [2.05, 4.69) is 16.0 Å². The number of rotatable bonds is 9. The smallest absolute Gasteiger partial charge is 0.357 e. The molecule has 1 heterocycles. The van der Waals surface area contributed by atoms with Gasteiger partial charge in [0, 0.05) is 29.5 Å². The van der Waals surface area contributed by atoms with Gasteiger partial charge in [-0.3, -0.25) is 4.90 Å². The Balaban J connectivity index is 2.03. The quantitative estimate of drug-likeness (QED) is 0.359. The van der Waals surface area contributed by atoms with Gasteiger partial charge in [-0.2, -0.15) is 0 Å². The van der Waals surface area contributed by atoms with Gasteiger partial charge in [0.15, 0.2) is 11.4 Å². The van der Waals surface area contributed by atoms with Crippen LogP contribution in [0.3, 0.4) is 0 Å². The van der Waals surface area contributed by atoms with Gasteiger partial charge in [-0.05, 0) is 68.8 Å². The molecule has 9 nitrogen and oxygen atoms in total. The molecule has 2 amide bonds. The maximum atomic E-state index is 12.9. The van der Waals surface area contributed by atoms with Crippen LogP contribution in [0.1, 0.15) is 26.3 Å². The summed E-state index contributed by atoms with van der Waals surface area (Å²) < 4.78 is 10.4. The average Bonchev–Trinajstić information content (AvgIpc) is 2.82. The average molecular weight is 487 g/mol. The number of halogens is 1. The van der Waals surface area contributed by atoms with Crippen LogP contribution in [0.5, 0.6) is 0 Å². The molecule has 34 heavy (non-hydrogen) atoms. The molecule has 0 fully saturated rings. The number of nitrogens with zero attached hydrogens (tertiary/aromatic N) is 1. The lowest BCUT2D eigenvalue weighted by Crippen LogP contribution is -2.44. The number of hydrogen-bond donors (Lipinski definition) is 3. The summed E-state index contributed by atoms with van der Waals surface area (Å²) in [6, 6.07) is 11.8. The number of nitrogens with one attached hydrogen (secondary N) is 3. The van der Waals surface area contributed by atoms with Crippen molar-refractivity contribution in [3.05, 3.63) is 64.4 Å². The number of esters is 2. The molecule has 3 N–H and O–H groups in total. The number of amides is 2. The first kappa shape index (κ1) is 24.9. The molecule has 10 heteroatoms. The Hall–Kier alpha value is -3.72. The lowest BCUT2D eigenvalue weighted by Gasteiger charge is -2.29. The van der Waals surface area contributed by atoms with Crippen molar-refractivity contribution in [2.24, 2.45) is 0 Å². The molecular weight excluding hydrogens is 460 g/mol. The number of benzene rings is 2. The third kappa shape index (κ3) is 5.79. The minimum atomic E-state index is -0.728. The van der Waals surface area contributed by atoms with Gasteiger partial charge in [-0.25, -0.2) is 14.4 Å². The van der Waals surface area contributed by atoms with Crippen molar-refractivity contribution in [1.82, 2.24) is 5.32 Å². The number of fused-ring (bicyclic) bond motifs is 1. The molecule has 0 bridgehead atoms. The second kappa shape index (κ2) is 11.4. The molecule has 0 aliphatic carbocycles. The highest BCUT2D eigenvalue weighted by atomic mass is 35.5. The van der Waals surface area contributed by atoms with Crippen LogP contribution in [0.25, 0.3) is 0 Å². The van der Waals surface area contributed by atoms with Gasteiger partial charge in [0.1, 0.15) is 0 Å². The van der Waals surface area contributed by atoms with Crippen LogP contribution in [0.15, 0.2) is 53.9 Å². The molecule has 180 valence electrons. The van der Waals surface area contributed by atoms with Gasteiger partial charge < -0.3 is 25.4 Å².